The molecular formula is C6H10ClN. The summed E-state index contributed by atoms with van der Waals surface area (Å²) in [7, 11) is 0. The van der Waals surface area contributed by atoms with Gasteiger partial charge < -0.3 is 0 Å². The highest BCUT2D eigenvalue weighted by molar-refractivity contribution is 6.21. The van der Waals surface area contributed by atoms with Crippen molar-refractivity contribution in [2.75, 3.05) is 0 Å². The molecule has 0 fully saturated rings. The number of rotatable bonds is 2. The Balaban J connectivity index is 3.74. The van der Waals surface area contributed by atoms with Gasteiger partial charge in [-0.2, -0.15) is 0 Å². The highest BCUT2D eigenvalue weighted by Crippen LogP contribution is 2.00. The predicted molar refractivity (Wildman–Crippen MR) is 38.6 cm³/mol. The lowest BCUT2D eigenvalue weighted by Crippen LogP contribution is -1.82. The van der Waals surface area contributed by atoms with Crippen LogP contribution in [0.15, 0.2) is 16.8 Å². The van der Waals surface area contributed by atoms with Crippen LogP contribution >= 0.6 is 11.6 Å². The molecular weight excluding hydrogens is 122 g/mol. The molecule has 0 radical (unpaired) electrons. The lowest BCUT2D eigenvalue weighted by atomic mass is 10.4. The SMILES string of the molecule is C=NC(C)=CC(C)Cl. The maximum atomic E-state index is 5.59. The van der Waals surface area contributed by atoms with Gasteiger partial charge in [0.05, 0.1) is 5.38 Å². The van der Waals surface area contributed by atoms with Crippen molar-refractivity contribution < 1.29 is 0 Å². The molecule has 0 aromatic heterocycles. The van der Waals surface area contributed by atoms with Crippen LogP contribution in [0.3, 0.4) is 0 Å². The van der Waals surface area contributed by atoms with Gasteiger partial charge in [-0.3, -0.25) is 4.99 Å². The number of hydrogen-bond acceptors (Lipinski definition) is 1. The van der Waals surface area contributed by atoms with E-state index in [0.29, 0.717) is 0 Å². The van der Waals surface area contributed by atoms with E-state index >= 15 is 0 Å². The molecule has 0 rings (SSSR count). The van der Waals surface area contributed by atoms with E-state index in [-0.39, 0.29) is 5.38 Å². The first-order valence-corrected chi connectivity index (χ1v) is 2.89. The van der Waals surface area contributed by atoms with Gasteiger partial charge in [0.1, 0.15) is 0 Å². The lowest BCUT2D eigenvalue weighted by molar-refractivity contribution is 1.17. The summed E-state index contributed by atoms with van der Waals surface area (Å²) >= 11 is 5.59. The quantitative estimate of drug-likeness (QED) is 0.403. The average molecular weight is 132 g/mol. The van der Waals surface area contributed by atoms with Crippen LogP contribution in [0, 0.1) is 0 Å². The number of alkyl halides is 1. The molecule has 1 atom stereocenters. The fraction of sp³-hybridized carbons (Fsp3) is 0.500. The van der Waals surface area contributed by atoms with Crippen LogP contribution in [0.2, 0.25) is 0 Å². The van der Waals surface area contributed by atoms with Crippen LogP contribution < -0.4 is 0 Å². The number of hydrogen-bond donors (Lipinski definition) is 0. The zero-order valence-corrected chi connectivity index (χ0v) is 5.94. The number of nitrogens with zero attached hydrogens (tertiary/aromatic N) is 1. The molecule has 0 spiro atoms. The molecule has 0 aromatic carbocycles. The van der Waals surface area contributed by atoms with Crippen molar-refractivity contribution >= 4 is 18.3 Å². The van der Waals surface area contributed by atoms with Gasteiger partial charge in [-0.1, -0.05) is 0 Å². The summed E-state index contributed by atoms with van der Waals surface area (Å²) in [6.45, 7) is 7.09. The van der Waals surface area contributed by atoms with E-state index in [2.05, 4.69) is 11.7 Å². The molecule has 0 saturated carbocycles. The van der Waals surface area contributed by atoms with Crippen LogP contribution in [0.25, 0.3) is 0 Å². The fourth-order valence-corrected chi connectivity index (χ4v) is 0.567. The summed E-state index contributed by atoms with van der Waals surface area (Å²) in [6, 6.07) is 0. The topological polar surface area (TPSA) is 12.4 Å². The summed E-state index contributed by atoms with van der Waals surface area (Å²) in [5, 5.41) is 0.0560. The standard InChI is InChI=1S/C6H10ClN/c1-5(7)4-6(2)8-3/h4-5H,3H2,1-2H3. The first-order chi connectivity index (χ1) is 3.66. The Kier molecular flexibility index (Phi) is 3.53. The van der Waals surface area contributed by atoms with Crippen molar-refractivity contribution in [2.45, 2.75) is 19.2 Å². The van der Waals surface area contributed by atoms with Gasteiger partial charge in [0.15, 0.2) is 0 Å². The summed E-state index contributed by atoms with van der Waals surface area (Å²) < 4.78 is 0. The fourth-order valence-electron chi connectivity index (χ4n) is 0.385. The molecule has 0 aliphatic carbocycles. The second kappa shape index (κ2) is 3.67. The zero-order valence-electron chi connectivity index (χ0n) is 5.19. The maximum Gasteiger partial charge on any atom is 0.0508 e. The Morgan fingerprint density at radius 3 is 2.50 bits per heavy atom. The minimum atomic E-state index is 0.0560. The Bertz CT molecular complexity index is 105. The van der Waals surface area contributed by atoms with E-state index in [0.717, 1.165) is 5.70 Å². The third-order valence-electron chi connectivity index (χ3n) is 0.720. The van der Waals surface area contributed by atoms with E-state index in [1.807, 2.05) is 19.9 Å². The zero-order chi connectivity index (χ0) is 6.57. The van der Waals surface area contributed by atoms with Gasteiger partial charge in [0, 0.05) is 5.70 Å². The maximum absolute atomic E-state index is 5.59. The third-order valence-corrected chi connectivity index (χ3v) is 0.846. The van der Waals surface area contributed by atoms with E-state index in [1.165, 1.54) is 0 Å². The van der Waals surface area contributed by atoms with Crippen LogP contribution in [0.1, 0.15) is 13.8 Å². The predicted octanol–water partition coefficient (Wildman–Crippen LogP) is 2.22. The Hall–Kier alpha value is -0.300. The van der Waals surface area contributed by atoms with Crippen molar-refractivity contribution in [3.63, 3.8) is 0 Å². The van der Waals surface area contributed by atoms with E-state index in [1.54, 1.807) is 0 Å². The number of halogens is 1. The average Bonchev–Trinajstić information content (AvgIpc) is 1.65. The van der Waals surface area contributed by atoms with Gasteiger partial charge >= 0.3 is 0 Å². The smallest absolute Gasteiger partial charge is 0.0508 e. The van der Waals surface area contributed by atoms with Gasteiger partial charge in [0.2, 0.25) is 0 Å². The van der Waals surface area contributed by atoms with Crippen LogP contribution in [-0.2, 0) is 0 Å². The molecule has 1 unspecified atom stereocenters. The van der Waals surface area contributed by atoms with Crippen molar-refractivity contribution in [1.29, 1.82) is 0 Å². The second-order valence-corrected chi connectivity index (χ2v) is 2.33. The lowest BCUT2D eigenvalue weighted by Gasteiger charge is -1.91. The summed E-state index contributed by atoms with van der Waals surface area (Å²) in [5.41, 5.74) is 0.882. The third kappa shape index (κ3) is 3.88. The van der Waals surface area contributed by atoms with Gasteiger partial charge in [0.25, 0.3) is 0 Å². The van der Waals surface area contributed by atoms with Crippen molar-refractivity contribution in [3.8, 4) is 0 Å². The molecule has 0 bridgehead atoms. The molecule has 2 heteroatoms. The van der Waals surface area contributed by atoms with Crippen molar-refractivity contribution in [1.82, 2.24) is 0 Å². The molecule has 46 valence electrons. The van der Waals surface area contributed by atoms with Crippen LogP contribution in [0.5, 0.6) is 0 Å². The van der Waals surface area contributed by atoms with Crippen LogP contribution in [0.4, 0.5) is 0 Å². The Morgan fingerprint density at radius 1 is 1.88 bits per heavy atom. The van der Waals surface area contributed by atoms with Crippen molar-refractivity contribution in [2.24, 2.45) is 4.99 Å². The number of aliphatic imine (C=N–C) groups is 1. The highest BCUT2D eigenvalue weighted by atomic mass is 35.5. The molecule has 0 heterocycles. The van der Waals surface area contributed by atoms with Crippen LogP contribution in [-0.4, -0.2) is 12.1 Å². The molecule has 0 amide bonds. The minimum Gasteiger partial charge on any atom is -0.270 e. The summed E-state index contributed by atoms with van der Waals surface area (Å²) in [6.07, 6.45) is 1.84. The largest absolute Gasteiger partial charge is 0.270 e. The number of allylic oxidation sites excluding steroid dienone is 2. The molecule has 0 saturated heterocycles. The van der Waals surface area contributed by atoms with Crippen molar-refractivity contribution in [3.05, 3.63) is 11.8 Å². The first-order valence-electron chi connectivity index (χ1n) is 2.46. The summed E-state index contributed by atoms with van der Waals surface area (Å²) in [4.78, 5) is 3.66. The van der Waals surface area contributed by atoms with E-state index in [9.17, 15) is 0 Å². The Morgan fingerprint density at radius 2 is 2.38 bits per heavy atom. The van der Waals surface area contributed by atoms with Gasteiger partial charge in [-0.05, 0) is 26.6 Å². The molecule has 8 heavy (non-hydrogen) atoms. The summed E-state index contributed by atoms with van der Waals surface area (Å²) in [5.74, 6) is 0. The normalized spacial score (nSPS) is 15.6. The second-order valence-electron chi connectivity index (χ2n) is 1.64. The molecule has 0 aliphatic rings. The van der Waals surface area contributed by atoms with E-state index in [4.69, 9.17) is 11.6 Å². The molecule has 0 aromatic rings. The first kappa shape index (κ1) is 7.70. The molecule has 1 nitrogen and oxygen atoms in total. The molecule has 0 N–H and O–H groups in total. The minimum absolute atomic E-state index is 0.0560. The van der Waals surface area contributed by atoms with E-state index < -0.39 is 0 Å². The molecule has 0 aliphatic heterocycles. The highest BCUT2D eigenvalue weighted by Gasteiger charge is 1.87. The monoisotopic (exact) mass is 131 g/mol. The van der Waals surface area contributed by atoms with Gasteiger partial charge in [-0.15, -0.1) is 11.6 Å². The van der Waals surface area contributed by atoms with Gasteiger partial charge in [-0.25, -0.2) is 0 Å². The Labute approximate surface area is 55.1 Å².